The highest BCUT2D eigenvalue weighted by Gasteiger charge is 2.59. The van der Waals surface area contributed by atoms with Crippen LogP contribution in [0.3, 0.4) is 0 Å². The molecule has 0 spiro atoms. The maximum atomic E-state index is 13.1. The Hall–Kier alpha value is -1.90. The van der Waals surface area contributed by atoms with Crippen molar-refractivity contribution in [3.05, 3.63) is 34.7 Å². The number of aliphatic hydroxyl groups is 2. The second-order valence-corrected chi connectivity index (χ2v) is 11.3. The van der Waals surface area contributed by atoms with Gasteiger partial charge in [0.25, 0.3) is 0 Å². The largest absolute Gasteiger partial charge is 0.467 e. The van der Waals surface area contributed by atoms with Gasteiger partial charge in [0.15, 0.2) is 5.13 Å². The van der Waals surface area contributed by atoms with Gasteiger partial charge in [0.1, 0.15) is 5.76 Å². The summed E-state index contributed by atoms with van der Waals surface area (Å²) in [6, 6.07) is 3.66. The van der Waals surface area contributed by atoms with Crippen LogP contribution in [0.5, 0.6) is 0 Å². The van der Waals surface area contributed by atoms with Crippen molar-refractivity contribution < 1.29 is 19.4 Å². The van der Waals surface area contributed by atoms with Crippen LogP contribution in [0.1, 0.15) is 75.1 Å². The average molecular weight is 476 g/mol. The molecule has 5 atom stereocenters. The van der Waals surface area contributed by atoms with Gasteiger partial charge in [0.2, 0.25) is 5.91 Å². The van der Waals surface area contributed by atoms with Crippen molar-refractivity contribution in [3.63, 3.8) is 0 Å². The molecule has 1 amide bonds. The molecule has 4 N–H and O–H groups in total. The molecule has 2 heterocycles. The summed E-state index contributed by atoms with van der Waals surface area (Å²) in [7, 11) is 0. The zero-order valence-corrected chi connectivity index (χ0v) is 20.7. The zero-order chi connectivity index (χ0) is 23.6. The molecule has 2 aromatic rings. The van der Waals surface area contributed by atoms with Crippen LogP contribution in [0.15, 0.2) is 22.8 Å². The summed E-state index contributed by atoms with van der Waals surface area (Å²) in [4.78, 5) is 19.2. The number of carbonyl (C=O) groups is 1. The van der Waals surface area contributed by atoms with Gasteiger partial charge in [-0.25, -0.2) is 4.98 Å². The van der Waals surface area contributed by atoms with Crippen molar-refractivity contribution in [3.8, 4) is 0 Å². The Bertz CT molecular complexity index is 946. The Balaban J connectivity index is 1.63. The van der Waals surface area contributed by atoms with Crippen molar-refractivity contribution in [1.29, 1.82) is 0 Å². The second-order valence-electron chi connectivity index (χ2n) is 10.2. The van der Waals surface area contributed by atoms with Crippen molar-refractivity contribution in [2.75, 3.05) is 18.5 Å². The second kappa shape index (κ2) is 9.76. The topological polar surface area (TPSA) is 108 Å². The van der Waals surface area contributed by atoms with Gasteiger partial charge in [-0.15, -0.1) is 11.3 Å². The predicted octanol–water partition coefficient (Wildman–Crippen LogP) is 4.07. The number of furan rings is 1. The van der Waals surface area contributed by atoms with Crippen molar-refractivity contribution >= 4 is 22.4 Å². The molecule has 2 aliphatic rings. The number of amides is 1. The number of thiazole rings is 1. The highest BCUT2D eigenvalue weighted by Crippen LogP contribution is 2.62. The minimum Gasteiger partial charge on any atom is -0.467 e. The molecule has 8 heteroatoms. The molecule has 2 aromatic heterocycles. The van der Waals surface area contributed by atoms with Crippen LogP contribution in [-0.4, -0.2) is 40.4 Å². The van der Waals surface area contributed by atoms with Gasteiger partial charge in [-0.1, -0.05) is 27.2 Å². The molecule has 0 radical (unpaired) electrons. The van der Waals surface area contributed by atoms with Gasteiger partial charge in [-0.2, -0.15) is 0 Å². The molecule has 4 rings (SSSR count). The summed E-state index contributed by atoms with van der Waals surface area (Å²) in [5.41, 5.74) is 0.177. The number of aromatic nitrogens is 1. The summed E-state index contributed by atoms with van der Waals surface area (Å²) in [5, 5.41) is 28.6. The fourth-order valence-electron chi connectivity index (χ4n) is 5.95. The van der Waals surface area contributed by atoms with Gasteiger partial charge in [0, 0.05) is 29.2 Å². The Labute approximate surface area is 200 Å². The Morgan fingerprint density at radius 2 is 2.21 bits per heavy atom. The molecular weight excluding hydrogens is 438 g/mol. The lowest BCUT2D eigenvalue weighted by molar-refractivity contribution is -0.144. The summed E-state index contributed by atoms with van der Waals surface area (Å²) >= 11 is 1.66. The van der Waals surface area contributed by atoms with Gasteiger partial charge >= 0.3 is 0 Å². The van der Waals surface area contributed by atoms with Crippen LogP contribution >= 0.6 is 11.3 Å². The summed E-state index contributed by atoms with van der Waals surface area (Å²) in [6.45, 7) is 7.57. The lowest BCUT2D eigenvalue weighted by Crippen LogP contribution is -2.57. The number of aliphatic hydroxyl groups excluding tert-OH is 2. The molecule has 0 aliphatic heterocycles. The highest BCUT2D eigenvalue weighted by molar-refractivity contribution is 7.15. The Morgan fingerprint density at radius 1 is 1.39 bits per heavy atom. The Kier molecular flexibility index (Phi) is 7.17. The molecule has 0 unspecified atom stereocenters. The van der Waals surface area contributed by atoms with E-state index in [0.29, 0.717) is 19.4 Å². The molecule has 33 heavy (non-hydrogen) atoms. The van der Waals surface area contributed by atoms with Crippen LogP contribution in [0.2, 0.25) is 0 Å². The maximum absolute atomic E-state index is 13.1. The van der Waals surface area contributed by atoms with Crippen LogP contribution in [0, 0.1) is 16.7 Å². The number of rotatable bonds is 9. The zero-order valence-electron chi connectivity index (χ0n) is 19.9. The van der Waals surface area contributed by atoms with E-state index < -0.39 is 11.5 Å². The molecular formula is C25H37N3O4S. The number of unbranched alkanes of at least 4 members (excludes halogenated alkanes) is 1. The number of hydrogen-bond acceptors (Lipinski definition) is 7. The molecule has 7 nitrogen and oxygen atoms in total. The quantitative estimate of drug-likeness (QED) is 0.407. The number of hydrogen-bond donors (Lipinski definition) is 4. The fraction of sp³-hybridized carbons (Fsp3) is 0.680. The van der Waals surface area contributed by atoms with Crippen molar-refractivity contribution in [2.24, 2.45) is 16.7 Å². The van der Waals surface area contributed by atoms with Gasteiger partial charge in [0.05, 0.1) is 31.2 Å². The lowest BCUT2D eigenvalue weighted by atomic mass is 9.47. The summed E-state index contributed by atoms with van der Waals surface area (Å²) in [6.07, 6.45) is 5.78. The van der Waals surface area contributed by atoms with Crippen LogP contribution in [0.25, 0.3) is 0 Å². The SMILES string of the molecule is CCCCNc1nc2c(s1)C[C@@H]1[C@](C)(CO)[C@H](O)CC[C@@]1(C)[C@@H]2CC(=O)NCc1ccco1. The molecule has 2 aliphatic carbocycles. The first-order chi connectivity index (χ1) is 15.8. The Morgan fingerprint density at radius 3 is 2.91 bits per heavy atom. The molecule has 0 saturated heterocycles. The van der Waals surface area contributed by atoms with Crippen molar-refractivity contribution in [2.45, 2.75) is 77.9 Å². The third-order valence-electron chi connectivity index (χ3n) is 8.13. The third-order valence-corrected chi connectivity index (χ3v) is 9.18. The van der Waals surface area contributed by atoms with E-state index >= 15 is 0 Å². The monoisotopic (exact) mass is 475 g/mol. The van der Waals surface area contributed by atoms with E-state index in [1.54, 1.807) is 17.6 Å². The maximum Gasteiger partial charge on any atom is 0.221 e. The summed E-state index contributed by atoms with van der Waals surface area (Å²) < 4.78 is 5.35. The number of anilines is 1. The molecule has 0 aromatic carbocycles. The standard InChI is InChI=1S/C25H37N3O4S/c1-4-5-10-26-23-28-22-17(12-21(31)27-14-16-7-6-11-32-16)24(2)9-8-20(30)25(3,15-29)19(24)13-18(22)33-23/h6-7,11,17,19-20,29-30H,4-5,8-10,12-15H2,1-3H3,(H,26,28)(H,27,31)/t17-,19+,20-,24+,25+/m1/s1. The van der Waals surface area contributed by atoms with E-state index in [1.165, 1.54) is 4.88 Å². The normalized spacial score (nSPS) is 31.0. The average Bonchev–Trinajstić information content (AvgIpc) is 3.46. The first-order valence-corrected chi connectivity index (χ1v) is 12.9. The predicted molar refractivity (Wildman–Crippen MR) is 129 cm³/mol. The molecule has 1 saturated carbocycles. The van der Waals surface area contributed by atoms with Crippen LogP contribution < -0.4 is 10.6 Å². The smallest absolute Gasteiger partial charge is 0.221 e. The van der Waals surface area contributed by atoms with E-state index in [9.17, 15) is 15.0 Å². The van der Waals surface area contributed by atoms with Gasteiger partial charge < -0.3 is 25.3 Å². The van der Waals surface area contributed by atoms with E-state index in [2.05, 4.69) is 24.5 Å². The van der Waals surface area contributed by atoms with Crippen LogP contribution in [-0.2, 0) is 17.8 Å². The van der Waals surface area contributed by atoms with E-state index in [0.717, 1.165) is 48.8 Å². The first-order valence-electron chi connectivity index (χ1n) is 12.1. The molecule has 1 fully saturated rings. The lowest BCUT2D eigenvalue weighted by Gasteiger charge is -2.58. The summed E-state index contributed by atoms with van der Waals surface area (Å²) in [5.74, 6) is 0.688. The third kappa shape index (κ3) is 4.57. The number of nitrogens with one attached hydrogen (secondary N) is 2. The molecule has 0 bridgehead atoms. The van der Waals surface area contributed by atoms with E-state index in [4.69, 9.17) is 9.40 Å². The molecule has 182 valence electrons. The van der Waals surface area contributed by atoms with Gasteiger partial charge in [-0.3, -0.25) is 4.79 Å². The highest BCUT2D eigenvalue weighted by atomic mass is 32.1. The van der Waals surface area contributed by atoms with E-state index in [-0.39, 0.29) is 29.8 Å². The van der Waals surface area contributed by atoms with Crippen molar-refractivity contribution in [1.82, 2.24) is 10.3 Å². The number of nitrogens with zero attached hydrogens (tertiary/aromatic N) is 1. The minimum atomic E-state index is -0.604. The fourth-order valence-corrected chi connectivity index (χ4v) is 7.04. The van der Waals surface area contributed by atoms with Crippen LogP contribution in [0.4, 0.5) is 5.13 Å². The number of carbonyl (C=O) groups excluding carboxylic acids is 1. The van der Waals surface area contributed by atoms with E-state index in [1.807, 2.05) is 19.1 Å². The van der Waals surface area contributed by atoms with Gasteiger partial charge in [-0.05, 0) is 49.1 Å². The number of fused-ring (bicyclic) bond motifs is 2. The minimum absolute atomic E-state index is 0.0328. The first kappa shape index (κ1) is 24.2.